The summed E-state index contributed by atoms with van der Waals surface area (Å²) in [6.07, 6.45) is -0.115. The molecule has 0 spiro atoms. The number of hydrogen-bond acceptors (Lipinski definition) is 3. The van der Waals surface area contributed by atoms with Gasteiger partial charge in [-0.05, 0) is 19.4 Å². The van der Waals surface area contributed by atoms with E-state index < -0.39 is 11.2 Å². The molecule has 0 radical (unpaired) electrons. The molecule has 0 aliphatic carbocycles. The first kappa shape index (κ1) is 13.9. The number of carbonyl (C=O) groups is 2. The third-order valence-electron chi connectivity index (χ3n) is 3.08. The highest BCUT2D eigenvalue weighted by Gasteiger charge is 2.42. The lowest BCUT2D eigenvalue weighted by Gasteiger charge is -2.27. The van der Waals surface area contributed by atoms with Gasteiger partial charge in [-0.25, -0.2) is 0 Å². The third kappa shape index (κ3) is 2.92. The molecule has 1 amide bonds. The van der Waals surface area contributed by atoms with Crippen LogP contribution in [0.1, 0.15) is 31.2 Å². The molecule has 1 aliphatic heterocycles. The fourth-order valence-electron chi connectivity index (χ4n) is 2.24. The van der Waals surface area contributed by atoms with Crippen LogP contribution in [0.4, 0.5) is 0 Å². The smallest absolute Gasteiger partial charge is 0.305 e. The molecule has 2 rings (SSSR count). The van der Waals surface area contributed by atoms with Gasteiger partial charge in [-0.3, -0.25) is 9.59 Å². The van der Waals surface area contributed by atoms with Crippen LogP contribution in [0, 0.1) is 0 Å². The van der Waals surface area contributed by atoms with Crippen LogP contribution >= 0.6 is 11.8 Å². The van der Waals surface area contributed by atoms with E-state index in [1.807, 2.05) is 44.2 Å². The average Bonchev–Trinajstić information content (AvgIpc) is 2.67. The highest BCUT2D eigenvalue weighted by atomic mass is 32.2. The summed E-state index contributed by atoms with van der Waals surface area (Å²) >= 11 is 1.43. The van der Waals surface area contributed by atoms with Crippen molar-refractivity contribution in [2.24, 2.45) is 0 Å². The van der Waals surface area contributed by atoms with Gasteiger partial charge in [0.25, 0.3) is 0 Å². The Bertz CT molecular complexity index is 475. The molecule has 1 aromatic carbocycles. The summed E-state index contributed by atoms with van der Waals surface area (Å²) in [5.74, 6) is -1.00. The summed E-state index contributed by atoms with van der Waals surface area (Å²) in [7, 11) is 0. The van der Waals surface area contributed by atoms with Crippen molar-refractivity contribution >= 4 is 23.6 Å². The van der Waals surface area contributed by atoms with Gasteiger partial charge in [0, 0.05) is 6.04 Å². The molecule has 1 N–H and O–H groups in total. The summed E-state index contributed by atoms with van der Waals surface area (Å²) in [4.78, 5) is 24.9. The van der Waals surface area contributed by atoms with Crippen LogP contribution in [0.3, 0.4) is 0 Å². The second kappa shape index (κ2) is 5.65. The minimum Gasteiger partial charge on any atom is -0.481 e. The molecule has 1 aliphatic rings. The minimum absolute atomic E-state index is 0.0593. The number of aliphatic carboxylic acids is 1. The number of carboxylic acids is 1. The van der Waals surface area contributed by atoms with E-state index >= 15 is 0 Å². The van der Waals surface area contributed by atoms with Crippen LogP contribution in [0.5, 0.6) is 0 Å². The van der Waals surface area contributed by atoms with Crippen molar-refractivity contribution < 1.29 is 14.7 Å². The van der Waals surface area contributed by atoms with Gasteiger partial charge in [-0.15, -0.1) is 11.8 Å². The molecule has 0 bridgehead atoms. The van der Waals surface area contributed by atoms with Crippen molar-refractivity contribution in [1.29, 1.82) is 0 Å². The number of hydrogen-bond donors (Lipinski definition) is 1. The van der Waals surface area contributed by atoms with Gasteiger partial charge < -0.3 is 10.0 Å². The van der Waals surface area contributed by atoms with E-state index in [4.69, 9.17) is 5.11 Å². The molecule has 0 unspecified atom stereocenters. The summed E-state index contributed by atoms with van der Waals surface area (Å²) in [5.41, 5.74) is 1.04. The lowest BCUT2D eigenvalue weighted by molar-refractivity contribution is -0.140. The number of rotatable bonds is 4. The second-order valence-corrected chi connectivity index (χ2v) is 6.11. The summed E-state index contributed by atoms with van der Waals surface area (Å²) < 4.78 is 0. The maximum absolute atomic E-state index is 12.3. The van der Waals surface area contributed by atoms with Crippen LogP contribution in [-0.2, 0) is 9.59 Å². The molecule has 102 valence electrons. The molecule has 19 heavy (non-hydrogen) atoms. The van der Waals surface area contributed by atoms with E-state index in [-0.39, 0.29) is 23.7 Å². The zero-order valence-electron chi connectivity index (χ0n) is 10.9. The van der Waals surface area contributed by atoms with Gasteiger partial charge >= 0.3 is 5.97 Å². The second-order valence-electron chi connectivity index (χ2n) is 4.82. The highest BCUT2D eigenvalue weighted by Crippen LogP contribution is 2.45. The Kier molecular flexibility index (Phi) is 4.14. The largest absolute Gasteiger partial charge is 0.481 e. The lowest BCUT2D eigenvalue weighted by atomic mass is 10.1. The molecule has 1 fully saturated rings. The van der Waals surface area contributed by atoms with Crippen molar-refractivity contribution in [3.05, 3.63) is 35.9 Å². The Balaban J connectivity index is 2.27. The minimum atomic E-state index is -0.928. The van der Waals surface area contributed by atoms with E-state index in [1.165, 1.54) is 11.8 Å². The monoisotopic (exact) mass is 279 g/mol. The number of thioether (sulfide) groups is 1. The zero-order valence-corrected chi connectivity index (χ0v) is 11.8. The standard InChI is InChI=1S/C14H17NO3S/c1-9(2)15-13(18)11(8-12(16)17)19-14(15)10-6-4-3-5-7-10/h3-7,9,11,14H,8H2,1-2H3,(H,16,17)/t11-,14+/m1/s1. The summed E-state index contributed by atoms with van der Waals surface area (Å²) in [6, 6.07) is 9.81. The fraction of sp³-hybridized carbons (Fsp3) is 0.429. The Labute approximate surface area is 116 Å². The molecule has 5 heteroatoms. The van der Waals surface area contributed by atoms with Crippen molar-refractivity contribution in [1.82, 2.24) is 4.90 Å². The van der Waals surface area contributed by atoms with Crippen LogP contribution in [0.25, 0.3) is 0 Å². The van der Waals surface area contributed by atoms with E-state index in [0.717, 1.165) is 5.56 Å². The SMILES string of the molecule is CC(C)N1C(=O)[C@@H](CC(=O)O)S[C@H]1c1ccccc1. The molecule has 1 heterocycles. The Morgan fingerprint density at radius 1 is 1.37 bits per heavy atom. The molecule has 1 aromatic rings. The Morgan fingerprint density at radius 3 is 2.53 bits per heavy atom. The number of carboxylic acid groups (broad SMARTS) is 1. The fourth-order valence-corrected chi connectivity index (χ4v) is 3.82. The molecular formula is C14H17NO3S. The van der Waals surface area contributed by atoms with Gasteiger partial charge in [0.05, 0.1) is 11.7 Å². The highest BCUT2D eigenvalue weighted by molar-refractivity contribution is 8.01. The Hall–Kier alpha value is -1.49. The predicted octanol–water partition coefficient (Wildman–Crippen LogP) is 2.51. The topological polar surface area (TPSA) is 57.6 Å². The first-order valence-corrected chi connectivity index (χ1v) is 7.19. The van der Waals surface area contributed by atoms with E-state index in [2.05, 4.69) is 0 Å². The number of carbonyl (C=O) groups excluding carboxylic acids is 1. The van der Waals surface area contributed by atoms with Crippen LogP contribution < -0.4 is 0 Å². The van der Waals surface area contributed by atoms with Crippen molar-refractivity contribution in [2.45, 2.75) is 36.9 Å². The van der Waals surface area contributed by atoms with Crippen molar-refractivity contribution in [2.75, 3.05) is 0 Å². The van der Waals surface area contributed by atoms with Gasteiger partial charge in [0.2, 0.25) is 5.91 Å². The molecule has 0 aromatic heterocycles. The predicted molar refractivity (Wildman–Crippen MR) is 74.8 cm³/mol. The summed E-state index contributed by atoms with van der Waals surface area (Å²) in [5, 5.41) is 8.32. The molecule has 4 nitrogen and oxygen atoms in total. The van der Waals surface area contributed by atoms with Crippen molar-refractivity contribution in [3.63, 3.8) is 0 Å². The molecular weight excluding hydrogens is 262 g/mol. The molecule has 2 atom stereocenters. The Morgan fingerprint density at radius 2 is 2.00 bits per heavy atom. The van der Waals surface area contributed by atoms with Crippen LogP contribution in [0.15, 0.2) is 30.3 Å². The van der Waals surface area contributed by atoms with E-state index in [9.17, 15) is 9.59 Å². The average molecular weight is 279 g/mol. The number of nitrogens with zero attached hydrogens (tertiary/aromatic N) is 1. The van der Waals surface area contributed by atoms with Gasteiger partial charge in [0.15, 0.2) is 0 Å². The van der Waals surface area contributed by atoms with Crippen molar-refractivity contribution in [3.8, 4) is 0 Å². The molecule has 1 saturated heterocycles. The lowest BCUT2D eigenvalue weighted by Crippen LogP contribution is -2.37. The molecule has 0 saturated carbocycles. The number of benzene rings is 1. The third-order valence-corrected chi connectivity index (χ3v) is 4.53. The summed E-state index contributed by atoms with van der Waals surface area (Å²) in [6.45, 7) is 3.91. The van der Waals surface area contributed by atoms with Gasteiger partial charge in [0.1, 0.15) is 5.37 Å². The maximum atomic E-state index is 12.3. The first-order valence-electron chi connectivity index (χ1n) is 6.25. The van der Waals surface area contributed by atoms with E-state index in [1.54, 1.807) is 4.90 Å². The van der Waals surface area contributed by atoms with Crippen LogP contribution in [0.2, 0.25) is 0 Å². The normalized spacial score (nSPS) is 23.1. The van der Waals surface area contributed by atoms with E-state index in [0.29, 0.717) is 0 Å². The first-order chi connectivity index (χ1) is 9.00. The van der Waals surface area contributed by atoms with Gasteiger partial charge in [-0.1, -0.05) is 30.3 Å². The zero-order chi connectivity index (χ0) is 14.0. The maximum Gasteiger partial charge on any atom is 0.305 e. The van der Waals surface area contributed by atoms with Crippen LogP contribution in [-0.4, -0.2) is 33.2 Å². The number of amides is 1. The quantitative estimate of drug-likeness (QED) is 0.920. The van der Waals surface area contributed by atoms with Gasteiger partial charge in [-0.2, -0.15) is 0 Å².